The average Bonchev–Trinajstić information content (AvgIpc) is 2.12. The summed E-state index contributed by atoms with van der Waals surface area (Å²) in [5.41, 5.74) is 0.993. The molecular weight excluding hydrogens is 190 g/mol. The second kappa shape index (κ2) is 5.07. The van der Waals surface area contributed by atoms with E-state index in [2.05, 4.69) is 4.84 Å². The average molecular weight is 202 g/mol. The van der Waals surface area contributed by atoms with E-state index in [1.807, 2.05) is 19.1 Å². The van der Waals surface area contributed by atoms with Crippen LogP contribution in [0.1, 0.15) is 5.56 Å². The van der Waals surface area contributed by atoms with Crippen molar-refractivity contribution >= 4 is 11.6 Å². The highest BCUT2D eigenvalue weighted by atomic mass is 35.5. The molecule has 0 bridgehead atoms. The van der Waals surface area contributed by atoms with Crippen LogP contribution in [-0.4, -0.2) is 13.2 Å². The fourth-order valence-electron chi connectivity index (χ4n) is 0.915. The molecule has 0 atom stereocenters. The molecule has 0 aromatic heterocycles. The van der Waals surface area contributed by atoms with Gasteiger partial charge in [0.05, 0.1) is 0 Å². The molecule has 0 fully saturated rings. The molecule has 1 aromatic carbocycles. The van der Waals surface area contributed by atoms with Crippen LogP contribution in [0, 0.1) is 6.92 Å². The van der Waals surface area contributed by atoms with Crippen molar-refractivity contribution in [2.24, 2.45) is 5.90 Å². The normalized spacial score (nSPS) is 10.1. The van der Waals surface area contributed by atoms with Crippen LogP contribution in [0.2, 0.25) is 5.02 Å². The van der Waals surface area contributed by atoms with E-state index in [4.69, 9.17) is 22.2 Å². The number of ether oxygens (including phenoxy) is 1. The van der Waals surface area contributed by atoms with E-state index in [0.717, 1.165) is 16.3 Å². The van der Waals surface area contributed by atoms with Crippen molar-refractivity contribution < 1.29 is 9.57 Å². The smallest absolute Gasteiger partial charge is 0.119 e. The van der Waals surface area contributed by atoms with Gasteiger partial charge in [-0.1, -0.05) is 11.6 Å². The maximum Gasteiger partial charge on any atom is 0.119 e. The summed E-state index contributed by atoms with van der Waals surface area (Å²) in [6.07, 6.45) is 0. The minimum absolute atomic E-state index is 0.377. The predicted octanol–water partition coefficient (Wildman–Crippen LogP) is 1.92. The Labute approximate surface area is 82.4 Å². The summed E-state index contributed by atoms with van der Waals surface area (Å²) in [4.78, 5) is 4.37. The lowest BCUT2D eigenvalue weighted by atomic mass is 10.2. The molecule has 0 aliphatic carbocycles. The maximum atomic E-state index is 5.84. The zero-order valence-electron chi connectivity index (χ0n) is 7.42. The first-order valence-corrected chi connectivity index (χ1v) is 4.32. The molecule has 1 rings (SSSR count). The summed E-state index contributed by atoms with van der Waals surface area (Å²) in [5.74, 6) is 5.62. The number of rotatable bonds is 4. The summed E-state index contributed by atoms with van der Waals surface area (Å²) in [5, 5.41) is 0.738. The lowest BCUT2D eigenvalue weighted by Gasteiger charge is -2.06. The number of hydrogen-bond acceptors (Lipinski definition) is 3. The molecular formula is C9H12ClNO2. The van der Waals surface area contributed by atoms with Gasteiger partial charge in [0.15, 0.2) is 0 Å². The van der Waals surface area contributed by atoms with Gasteiger partial charge in [-0.15, -0.1) is 0 Å². The minimum atomic E-state index is 0.377. The third-order valence-electron chi connectivity index (χ3n) is 1.60. The fraction of sp³-hybridized carbons (Fsp3) is 0.333. The van der Waals surface area contributed by atoms with Crippen molar-refractivity contribution in [3.63, 3.8) is 0 Å². The summed E-state index contributed by atoms with van der Waals surface area (Å²) in [6.45, 7) is 2.74. The predicted molar refractivity (Wildman–Crippen MR) is 51.8 cm³/mol. The summed E-state index contributed by atoms with van der Waals surface area (Å²) < 4.78 is 5.32. The van der Waals surface area contributed by atoms with Gasteiger partial charge in [-0.05, 0) is 30.7 Å². The zero-order chi connectivity index (χ0) is 9.68. The molecule has 2 N–H and O–H groups in total. The largest absolute Gasteiger partial charge is 0.491 e. The van der Waals surface area contributed by atoms with E-state index in [-0.39, 0.29) is 0 Å². The number of halogens is 1. The molecule has 0 unspecified atom stereocenters. The first-order chi connectivity index (χ1) is 6.24. The number of benzene rings is 1. The van der Waals surface area contributed by atoms with Crippen LogP contribution in [0.25, 0.3) is 0 Å². The Morgan fingerprint density at radius 3 is 2.77 bits per heavy atom. The first-order valence-electron chi connectivity index (χ1n) is 3.94. The molecule has 0 spiro atoms. The van der Waals surface area contributed by atoms with Crippen LogP contribution in [-0.2, 0) is 4.84 Å². The van der Waals surface area contributed by atoms with Gasteiger partial charge in [0.1, 0.15) is 19.0 Å². The van der Waals surface area contributed by atoms with Gasteiger partial charge in [-0.25, -0.2) is 5.90 Å². The lowest BCUT2D eigenvalue weighted by Crippen LogP contribution is -2.10. The maximum absolute atomic E-state index is 5.84. The molecule has 0 saturated carbocycles. The van der Waals surface area contributed by atoms with Crippen molar-refractivity contribution in [1.29, 1.82) is 0 Å². The molecule has 72 valence electrons. The fourth-order valence-corrected chi connectivity index (χ4v) is 1.03. The Kier molecular flexibility index (Phi) is 4.02. The van der Waals surface area contributed by atoms with Crippen molar-refractivity contribution in [2.75, 3.05) is 13.2 Å². The molecule has 0 radical (unpaired) electrons. The molecule has 0 heterocycles. The SMILES string of the molecule is Cc1cc(OCCON)ccc1Cl. The topological polar surface area (TPSA) is 44.5 Å². The van der Waals surface area contributed by atoms with Gasteiger partial charge < -0.3 is 9.57 Å². The molecule has 3 nitrogen and oxygen atoms in total. The molecule has 0 amide bonds. The van der Waals surface area contributed by atoms with Crippen LogP contribution >= 0.6 is 11.6 Å². The van der Waals surface area contributed by atoms with E-state index in [1.165, 1.54) is 0 Å². The third-order valence-corrected chi connectivity index (χ3v) is 2.02. The molecule has 13 heavy (non-hydrogen) atoms. The lowest BCUT2D eigenvalue weighted by molar-refractivity contribution is 0.102. The van der Waals surface area contributed by atoms with Gasteiger partial charge in [-0.3, -0.25) is 0 Å². The van der Waals surface area contributed by atoms with Crippen molar-refractivity contribution in [2.45, 2.75) is 6.92 Å². The Hall–Kier alpha value is -0.770. The molecule has 0 saturated heterocycles. The molecule has 0 aliphatic heterocycles. The van der Waals surface area contributed by atoms with E-state index < -0.39 is 0 Å². The second-order valence-electron chi connectivity index (χ2n) is 2.63. The highest BCUT2D eigenvalue weighted by molar-refractivity contribution is 6.31. The monoisotopic (exact) mass is 201 g/mol. The van der Waals surface area contributed by atoms with Crippen molar-refractivity contribution in [3.8, 4) is 5.75 Å². The quantitative estimate of drug-likeness (QED) is 0.598. The van der Waals surface area contributed by atoms with Crippen molar-refractivity contribution in [1.82, 2.24) is 0 Å². The van der Waals surface area contributed by atoms with E-state index in [1.54, 1.807) is 6.07 Å². The Morgan fingerprint density at radius 1 is 1.38 bits per heavy atom. The number of hydrogen-bond donors (Lipinski definition) is 1. The first kappa shape index (κ1) is 10.3. The van der Waals surface area contributed by atoms with Gasteiger partial charge in [0.2, 0.25) is 0 Å². The summed E-state index contributed by atoms with van der Waals surface area (Å²) in [7, 11) is 0. The number of aryl methyl sites for hydroxylation is 1. The van der Waals surface area contributed by atoms with Gasteiger partial charge in [0.25, 0.3) is 0 Å². The molecule has 0 aliphatic rings. The Balaban J connectivity index is 2.53. The van der Waals surface area contributed by atoms with Gasteiger partial charge in [-0.2, -0.15) is 0 Å². The van der Waals surface area contributed by atoms with Crippen molar-refractivity contribution in [3.05, 3.63) is 28.8 Å². The van der Waals surface area contributed by atoms with E-state index >= 15 is 0 Å². The Bertz CT molecular complexity index is 278. The molecule has 1 aromatic rings. The second-order valence-corrected chi connectivity index (χ2v) is 3.04. The van der Waals surface area contributed by atoms with Gasteiger partial charge in [0, 0.05) is 5.02 Å². The number of nitrogens with two attached hydrogens (primary N) is 1. The standard InChI is InChI=1S/C9H12ClNO2/c1-7-6-8(2-3-9(7)10)12-4-5-13-11/h2-3,6H,4-5,11H2,1H3. The summed E-state index contributed by atoms with van der Waals surface area (Å²) in [6, 6.07) is 5.49. The van der Waals surface area contributed by atoms with Crippen LogP contribution in [0.4, 0.5) is 0 Å². The third kappa shape index (κ3) is 3.22. The van der Waals surface area contributed by atoms with E-state index in [0.29, 0.717) is 13.2 Å². The Morgan fingerprint density at radius 2 is 2.15 bits per heavy atom. The van der Waals surface area contributed by atoms with Crippen LogP contribution < -0.4 is 10.6 Å². The van der Waals surface area contributed by atoms with E-state index in [9.17, 15) is 0 Å². The molecule has 4 heteroatoms. The summed E-state index contributed by atoms with van der Waals surface area (Å²) >= 11 is 5.84. The zero-order valence-corrected chi connectivity index (χ0v) is 8.17. The van der Waals surface area contributed by atoms with Gasteiger partial charge >= 0.3 is 0 Å². The van der Waals surface area contributed by atoms with Crippen LogP contribution in [0.3, 0.4) is 0 Å². The highest BCUT2D eigenvalue weighted by Crippen LogP contribution is 2.20. The van der Waals surface area contributed by atoms with Crippen LogP contribution in [0.5, 0.6) is 5.75 Å². The minimum Gasteiger partial charge on any atom is -0.491 e. The highest BCUT2D eigenvalue weighted by Gasteiger charge is 1.97. The van der Waals surface area contributed by atoms with Crippen LogP contribution in [0.15, 0.2) is 18.2 Å².